The van der Waals surface area contributed by atoms with Crippen LogP contribution in [0.25, 0.3) is 0 Å². The molecule has 0 radical (unpaired) electrons. The molecule has 0 aromatic rings. The minimum absolute atomic E-state index is 0.121. The highest BCUT2D eigenvalue weighted by atomic mass is 16.6. The van der Waals surface area contributed by atoms with Crippen molar-refractivity contribution in [3.8, 4) is 0 Å². The van der Waals surface area contributed by atoms with Gasteiger partial charge in [0.1, 0.15) is 23.3 Å². The maximum Gasteiger partial charge on any atom is 0.408 e. The Morgan fingerprint density at radius 3 is 1.84 bits per heavy atom. The molecule has 8 nitrogen and oxygen atoms in total. The van der Waals surface area contributed by atoms with E-state index in [1.165, 1.54) is 0 Å². The Bertz CT molecular complexity index is 643. The summed E-state index contributed by atoms with van der Waals surface area (Å²) in [7, 11) is 0. The van der Waals surface area contributed by atoms with Crippen LogP contribution in [0.2, 0.25) is 0 Å². The minimum Gasteiger partial charge on any atom is -0.458 e. The Balaban J connectivity index is 5.76. The predicted molar refractivity (Wildman–Crippen MR) is 120 cm³/mol. The summed E-state index contributed by atoms with van der Waals surface area (Å²) in [5.41, 5.74) is -0.868. The molecule has 0 aliphatic rings. The Morgan fingerprint density at radius 1 is 0.935 bits per heavy atom. The molecule has 3 atom stereocenters. The van der Waals surface area contributed by atoms with Crippen molar-refractivity contribution in [2.75, 3.05) is 6.61 Å². The molecule has 0 bridgehead atoms. The maximum absolute atomic E-state index is 13.2. The lowest BCUT2D eigenvalue weighted by Crippen LogP contribution is -2.56. The van der Waals surface area contributed by atoms with Crippen molar-refractivity contribution < 1.29 is 29.0 Å². The van der Waals surface area contributed by atoms with E-state index >= 15 is 0 Å². The molecule has 0 aromatic carbocycles. The molecule has 0 heterocycles. The van der Waals surface area contributed by atoms with Crippen LogP contribution in [0.15, 0.2) is 11.6 Å². The van der Waals surface area contributed by atoms with E-state index < -0.39 is 47.2 Å². The van der Waals surface area contributed by atoms with E-state index in [0.717, 1.165) is 0 Å². The number of hydrogen-bond donors (Lipinski definition) is 3. The highest BCUT2D eigenvalue weighted by Gasteiger charge is 2.34. The molecule has 0 aliphatic heterocycles. The van der Waals surface area contributed by atoms with Crippen LogP contribution in [-0.2, 0) is 19.1 Å². The van der Waals surface area contributed by atoms with Crippen molar-refractivity contribution in [1.82, 2.24) is 10.6 Å². The van der Waals surface area contributed by atoms with E-state index in [-0.39, 0.29) is 12.5 Å². The number of carbonyl (C=O) groups is 3. The molecule has 0 aliphatic carbocycles. The summed E-state index contributed by atoms with van der Waals surface area (Å²) in [6, 6.07) is -1.92. The average Bonchev–Trinajstić information content (AvgIpc) is 2.56. The maximum atomic E-state index is 13.2. The van der Waals surface area contributed by atoms with Gasteiger partial charge in [0.15, 0.2) is 0 Å². The van der Waals surface area contributed by atoms with E-state index in [0.29, 0.717) is 12.0 Å². The summed E-state index contributed by atoms with van der Waals surface area (Å²) >= 11 is 0. The van der Waals surface area contributed by atoms with Crippen LogP contribution in [0, 0.1) is 11.8 Å². The number of amides is 2. The van der Waals surface area contributed by atoms with Crippen molar-refractivity contribution in [2.45, 2.75) is 98.9 Å². The third-order valence-electron chi connectivity index (χ3n) is 4.31. The van der Waals surface area contributed by atoms with Gasteiger partial charge >= 0.3 is 12.1 Å². The van der Waals surface area contributed by atoms with Crippen LogP contribution in [0.3, 0.4) is 0 Å². The van der Waals surface area contributed by atoms with E-state index in [9.17, 15) is 19.5 Å². The Kier molecular flexibility index (Phi) is 11.3. The van der Waals surface area contributed by atoms with E-state index in [1.54, 1.807) is 61.5 Å². The fourth-order valence-electron chi connectivity index (χ4n) is 2.88. The SMILES string of the molecule is C/C=C(\CO)[C@H](C)[C@@H](NC(=O)OC(C)(C)C)C(=O)N[C@@H](CC(C)C)C(=O)OC(C)(C)C. The Hall–Kier alpha value is -2.09. The first kappa shape index (κ1) is 28.9. The van der Waals surface area contributed by atoms with Crippen LogP contribution in [0.1, 0.15) is 75.7 Å². The standard InChI is InChI=1S/C23H42N2O6/c1-11-16(13-26)15(4)18(25-21(29)31-23(8,9)10)19(27)24-17(12-14(2)3)20(28)30-22(5,6)7/h11,14-15,17-18,26H,12-13H2,1-10H3,(H,24,27)(H,25,29)/b16-11+/t15-,17-,18+/m0/s1. The van der Waals surface area contributed by atoms with Gasteiger partial charge in [-0.1, -0.05) is 26.8 Å². The second-order valence-corrected chi connectivity index (χ2v) is 10.2. The van der Waals surface area contributed by atoms with Gasteiger partial charge in [0, 0.05) is 5.92 Å². The van der Waals surface area contributed by atoms with Crippen molar-refractivity contribution in [3.63, 3.8) is 0 Å². The lowest BCUT2D eigenvalue weighted by Gasteiger charge is -2.30. The lowest BCUT2D eigenvalue weighted by molar-refractivity contribution is -0.159. The summed E-state index contributed by atoms with van der Waals surface area (Å²) in [5.74, 6) is -1.49. The summed E-state index contributed by atoms with van der Waals surface area (Å²) < 4.78 is 10.8. The van der Waals surface area contributed by atoms with Crippen LogP contribution >= 0.6 is 0 Å². The van der Waals surface area contributed by atoms with Crippen LogP contribution < -0.4 is 10.6 Å². The number of nitrogens with one attached hydrogen (secondary N) is 2. The van der Waals surface area contributed by atoms with Gasteiger partial charge in [0.2, 0.25) is 5.91 Å². The molecule has 0 saturated carbocycles. The molecule has 0 saturated heterocycles. The summed E-state index contributed by atoms with van der Waals surface area (Å²) in [5, 5.41) is 15.0. The number of ether oxygens (including phenoxy) is 2. The number of rotatable bonds is 9. The number of carbonyl (C=O) groups excluding carboxylic acids is 3. The molecular weight excluding hydrogens is 400 g/mol. The number of hydrogen-bond acceptors (Lipinski definition) is 6. The molecule has 0 unspecified atom stereocenters. The summed E-state index contributed by atoms with van der Waals surface area (Å²) in [4.78, 5) is 38.2. The van der Waals surface area contributed by atoms with E-state index in [1.807, 2.05) is 13.8 Å². The summed E-state index contributed by atoms with van der Waals surface area (Å²) in [6.07, 6.45) is 1.32. The number of alkyl carbamates (subject to hydrolysis) is 1. The molecule has 8 heteroatoms. The van der Waals surface area contributed by atoms with Crippen molar-refractivity contribution in [1.29, 1.82) is 0 Å². The predicted octanol–water partition coefficient (Wildman–Crippen LogP) is 3.33. The van der Waals surface area contributed by atoms with Crippen LogP contribution in [0.4, 0.5) is 4.79 Å². The molecule has 3 N–H and O–H groups in total. The molecular formula is C23H42N2O6. The van der Waals surface area contributed by atoms with E-state index in [4.69, 9.17) is 9.47 Å². The first-order valence-corrected chi connectivity index (χ1v) is 10.8. The quantitative estimate of drug-likeness (QED) is 0.373. The lowest BCUT2D eigenvalue weighted by atomic mass is 9.92. The second kappa shape index (κ2) is 12.1. The first-order valence-electron chi connectivity index (χ1n) is 10.8. The number of aliphatic hydroxyl groups is 1. The number of aliphatic hydroxyl groups excluding tert-OH is 1. The van der Waals surface area contributed by atoms with Gasteiger partial charge < -0.3 is 25.2 Å². The number of esters is 1. The zero-order chi connectivity index (χ0) is 24.6. The van der Waals surface area contributed by atoms with E-state index in [2.05, 4.69) is 10.6 Å². The highest BCUT2D eigenvalue weighted by Crippen LogP contribution is 2.18. The van der Waals surface area contributed by atoms with Gasteiger partial charge in [-0.2, -0.15) is 0 Å². The Labute approximate surface area is 187 Å². The molecule has 2 amide bonds. The fraction of sp³-hybridized carbons (Fsp3) is 0.783. The minimum atomic E-state index is -1.05. The monoisotopic (exact) mass is 442 g/mol. The topological polar surface area (TPSA) is 114 Å². The second-order valence-electron chi connectivity index (χ2n) is 10.2. The zero-order valence-electron chi connectivity index (χ0n) is 20.8. The van der Waals surface area contributed by atoms with Crippen molar-refractivity contribution in [2.24, 2.45) is 11.8 Å². The smallest absolute Gasteiger partial charge is 0.408 e. The largest absolute Gasteiger partial charge is 0.458 e. The van der Waals surface area contributed by atoms with Gasteiger partial charge in [0.05, 0.1) is 6.61 Å². The van der Waals surface area contributed by atoms with Gasteiger partial charge in [-0.15, -0.1) is 0 Å². The third-order valence-corrected chi connectivity index (χ3v) is 4.31. The van der Waals surface area contributed by atoms with Gasteiger partial charge in [-0.3, -0.25) is 4.79 Å². The zero-order valence-corrected chi connectivity index (χ0v) is 20.8. The van der Waals surface area contributed by atoms with Gasteiger partial charge in [0.25, 0.3) is 0 Å². The molecule has 31 heavy (non-hydrogen) atoms. The van der Waals surface area contributed by atoms with Crippen molar-refractivity contribution in [3.05, 3.63) is 11.6 Å². The molecule has 0 fully saturated rings. The summed E-state index contributed by atoms with van der Waals surface area (Å²) in [6.45, 7) is 17.5. The highest BCUT2D eigenvalue weighted by molar-refractivity contribution is 5.90. The van der Waals surface area contributed by atoms with Crippen molar-refractivity contribution >= 4 is 18.0 Å². The average molecular weight is 443 g/mol. The molecule has 0 rings (SSSR count). The fourth-order valence-corrected chi connectivity index (χ4v) is 2.88. The van der Waals surface area contributed by atoms with Gasteiger partial charge in [-0.05, 0) is 66.4 Å². The number of allylic oxidation sites excluding steroid dienone is 1. The van der Waals surface area contributed by atoms with Crippen LogP contribution in [-0.4, -0.2) is 53.0 Å². The molecule has 180 valence electrons. The molecule has 0 aromatic heterocycles. The van der Waals surface area contributed by atoms with Gasteiger partial charge in [-0.25, -0.2) is 9.59 Å². The first-order chi connectivity index (χ1) is 14.0. The third kappa shape index (κ3) is 11.8. The van der Waals surface area contributed by atoms with Crippen LogP contribution in [0.5, 0.6) is 0 Å². The normalized spacial score (nSPS) is 15.7. The Morgan fingerprint density at radius 2 is 1.45 bits per heavy atom. The molecule has 0 spiro atoms.